The lowest BCUT2D eigenvalue weighted by atomic mass is 9.92. The SMILES string of the molecule is C1=CC2=COc3ccccc3C2=CC1. The van der Waals surface area contributed by atoms with Gasteiger partial charge in [-0.2, -0.15) is 0 Å². The van der Waals surface area contributed by atoms with E-state index in [4.69, 9.17) is 4.74 Å². The van der Waals surface area contributed by atoms with Crippen LogP contribution >= 0.6 is 0 Å². The van der Waals surface area contributed by atoms with Gasteiger partial charge >= 0.3 is 0 Å². The Morgan fingerprint density at radius 1 is 1.14 bits per heavy atom. The second-order valence-electron chi connectivity index (χ2n) is 3.44. The third kappa shape index (κ3) is 1.02. The zero-order valence-corrected chi connectivity index (χ0v) is 7.73. The summed E-state index contributed by atoms with van der Waals surface area (Å²) in [6, 6.07) is 8.15. The van der Waals surface area contributed by atoms with Gasteiger partial charge in [0, 0.05) is 11.1 Å². The lowest BCUT2D eigenvalue weighted by molar-refractivity contribution is 0.472. The third-order valence-corrected chi connectivity index (χ3v) is 2.56. The number of hydrogen-bond acceptors (Lipinski definition) is 1. The molecule has 0 unspecified atom stereocenters. The average Bonchev–Trinajstić information content (AvgIpc) is 2.29. The highest BCUT2D eigenvalue weighted by Gasteiger charge is 2.17. The number of allylic oxidation sites excluding steroid dienone is 5. The van der Waals surface area contributed by atoms with Gasteiger partial charge in [-0.3, -0.25) is 0 Å². The first-order chi connectivity index (χ1) is 6.95. The Morgan fingerprint density at radius 3 is 3.07 bits per heavy atom. The minimum atomic E-state index is 0.956. The molecule has 1 aliphatic carbocycles. The number of benzene rings is 1. The van der Waals surface area contributed by atoms with Crippen LogP contribution in [0, 0.1) is 0 Å². The fourth-order valence-electron chi connectivity index (χ4n) is 1.88. The number of para-hydroxylation sites is 1. The number of rotatable bonds is 0. The van der Waals surface area contributed by atoms with Crippen LogP contribution < -0.4 is 4.74 Å². The van der Waals surface area contributed by atoms with Gasteiger partial charge in [-0.05, 0) is 18.1 Å². The van der Waals surface area contributed by atoms with Gasteiger partial charge in [0.05, 0.1) is 6.26 Å². The van der Waals surface area contributed by atoms with Crippen LogP contribution in [0.1, 0.15) is 12.0 Å². The second-order valence-corrected chi connectivity index (χ2v) is 3.44. The van der Waals surface area contributed by atoms with Crippen molar-refractivity contribution in [2.24, 2.45) is 0 Å². The number of ether oxygens (including phenoxy) is 1. The molecule has 0 fully saturated rings. The normalized spacial score (nSPS) is 17.4. The van der Waals surface area contributed by atoms with Gasteiger partial charge in [0.15, 0.2) is 0 Å². The molecule has 1 aromatic carbocycles. The molecule has 0 radical (unpaired) electrons. The summed E-state index contributed by atoms with van der Waals surface area (Å²) in [4.78, 5) is 0. The molecule has 2 aliphatic rings. The molecule has 0 bridgehead atoms. The van der Waals surface area contributed by atoms with Gasteiger partial charge in [0.1, 0.15) is 5.75 Å². The Morgan fingerprint density at radius 2 is 2.07 bits per heavy atom. The van der Waals surface area contributed by atoms with E-state index in [1.54, 1.807) is 0 Å². The van der Waals surface area contributed by atoms with Crippen LogP contribution in [0.15, 0.2) is 54.3 Å². The van der Waals surface area contributed by atoms with Crippen LogP contribution in [0.25, 0.3) is 5.57 Å². The van der Waals surface area contributed by atoms with E-state index in [2.05, 4.69) is 24.3 Å². The predicted octanol–water partition coefficient (Wildman–Crippen LogP) is 3.31. The molecule has 1 heteroatoms. The van der Waals surface area contributed by atoms with Crippen molar-refractivity contribution in [1.29, 1.82) is 0 Å². The number of fused-ring (bicyclic) bond motifs is 3. The van der Waals surface area contributed by atoms with E-state index in [0.29, 0.717) is 0 Å². The van der Waals surface area contributed by atoms with Crippen LogP contribution in [-0.4, -0.2) is 0 Å². The topological polar surface area (TPSA) is 9.23 Å². The average molecular weight is 182 g/mol. The molecule has 0 atom stereocenters. The molecule has 0 aromatic heterocycles. The molecule has 1 nitrogen and oxygen atoms in total. The summed E-state index contributed by atoms with van der Waals surface area (Å²) < 4.78 is 5.54. The van der Waals surface area contributed by atoms with Gasteiger partial charge < -0.3 is 4.74 Å². The highest BCUT2D eigenvalue weighted by atomic mass is 16.5. The van der Waals surface area contributed by atoms with E-state index in [-0.39, 0.29) is 0 Å². The summed E-state index contributed by atoms with van der Waals surface area (Å²) in [5.41, 5.74) is 3.68. The predicted molar refractivity (Wildman–Crippen MR) is 56.9 cm³/mol. The highest BCUT2D eigenvalue weighted by Crippen LogP contribution is 2.37. The summed E-state index contributed by atoms with van der Waals surface area (Å²) in [7, 11) is 0. The van der Waals surface area contributed by atoms with Crippen molar-refractivity contribution in [2.75, 3.05) is 0 Å². The van der Waals surface area contributed by atoms with Crippen molar-refractivity contribution in [2.45, 2.75) is 6.42 Å². The number of hydrogen-bond donors (Lipinski definition) is 0. The monoisotopic (exact) mass is 182 g/mol. The van der Waals surface area contributed by atoms with Crippen molar-refractivity contribution in [3.63, 3.8) is 0 Å². The van der Waals surface area contributed by atoms with E-state index >= 15 is 0 Å². The molecule has 1 heterocycles. The van der Waals surface area contributed by atoms with Gasteiger partial charge in [-0.1, -0.05) is 36.4 Å². The summed E-state index contributed by atoms with van der Waals surface area (Å²) in [5.74, 6) is 0.956. The van der Waals surface area contributed by atoms with Crippen LogP contribution in [0.3, 0.4) is 0 Å². The minimum absolute atomic E-state index is 0.956. The molecule has 1 aromatic rings. The molecule has 0 amide bonds. The van der Waals surface area contributed by atoms with Crippen molar-refractivity contribution < 1.29 is 4.74 Å². The Balaban J connectivity index is 2.20. The standard InChI is InChI=1S/C13H10O/c1-2-6-11-10(5-1)9-14-13-8-4-3-7-12(11)13/h1,3-9H,2H2. The second kappa shape index (κ2) is 2.88. The van der Waals surface area contributed by atoms with Crippen molar-refractivity contribution in [1.82, 2.24) is 0 Å². The molecule has 14 heavy (non-hydrogen) atoms. The van der Waals surface area contributed by atoms with Crippen LogP contribution in [0.5, 0.6) is 5.75 Å². The summed E-state index contributed by atoms with van der Waals surface area (Å²) in [6.07, 6.45) is 9.34. The van der Waals surface area contributed by atoms with Crippen molar-refractivity contribution >= 4 is 5.57 Å². The van der Waals surface area contributed by atoms with E-state index < -0.39 is 0 Å². The van der Waals surface area contributed by atoms with Crippen molar-refractivity contribution in [3.05, 3.63) is 59.9 Å². The first kappa shape index (κ1) is 7.63. The molecule has 0 spiro atoms. The van der Waals surface area contributed by atoms with Crippen LogP contribution in [-0.2, 0) is 0 Å². The maximum atomic E-state index is 5.54. The Labute approximate surface area is 83.0 Å². The lowest BCUT2D eigenvalue weighted by Crippen LogP contribution is -2.02. The van der Waals surface area contributed by atoms with Crippen molar-refractivity contribution in [3.8, 4) is 5.75 Å². The molecule has 0 N–H and O–H groups in total. The molecule has 0 saturated heterocycles. The molecular weight excluding hydrogens is 172 g/mol. The Bertz CT molecular complexity index is 464. The molecule has 3 rings (SSSR count). The zero-order chi connectivity index (χ0) is 9.38. The Kier molecular flexibility index (Phi) is 1.57. The Hall–Kier alpha value is -1.76. The van der Waals surface area contributed by atoms with E-state index in [1.165, 1.54) is 16.7 Å². The molecule has 1 aliphatic heterocycles. The largest absolute Gasteiger partial charge is 0.464 e. The minimum Gasteiger partial charge on any atom is -0.464 e. The summed E-state index contributed by atoms with van der Waals surface area (Å²) in [5, 5.41) is 0. The fraction of sp³-hybridized carbons (Fsp3) is 0.0769. The van der Waals surface area contributed by atoms with Gasteiger partial charge in [-0.15, -0.1) is 0 Å². The third-order valence-electron chi connectivity index (χ3n) is 2.56. The molecule has 68 valence electrons. The van der Waals surface area contributed by atoms with E-state index in [1.807, 2.05) is 24.5 Å². The van der Waals surface area contributed by atoms with Gasteiger partial charge in [-0.25, -0.2) is 0 Å². The quantitative estimate of drug-likeness (QED) is 0.598. The fourth-order valence-corrected chi connectivity index (χ4v) is 1.88. The zero-order valence-electron chi connectivity index (χ0n) is 7.73. The maximum absolute atomic E-state index is 5.54. The lowest BCUT2D eigenvalue weighted by Gasteiger charge is -2.20. The molecule has 0 saturated carbocycles. The van der Waals surface area contributed by atoms with E-state index in [0.717, 1.165) is 12.2 Å². The highest BCUT2D eigenvalue weighted by molar-refractivity contribution is 5.86. The summed E-state index contributed by atoms with van der Waals surface area (Å²) >= 11 is 0. The van der Waals surface area contributed by atoms with Gasteiger partial charge in [0.25, 0.3) is 0 Å². The van der Waals surface area contributed by atoms with Crippen LogP contribution in [0.2, 0.25) is 0 Å². The first-order valence-electron chi connectivity index (χ1n) is 4.78. The molecular formula is C13H10O. The van der Waals surface area contributed by atoms with Crippen LogP contribution in [0.4, 0.5) is 0 Å². The smallest absolute Gasteiger partial charge is 0.134 e. The maximum Gasteiger partial charge on any atom is 0.134 e. The van der Waals surface area contributed by atoms with Gasteiger partial charge in [0.2, 0.25) is 0 Å². The summed E-state index contributed by atoms with van der Waals surface area (Å²) in [6.45, 7) is 0. The van der Waals surface area contributed by atoms with E-state index in [9.17, 15) is 0 Å². The first-order valence-corrected chi connectivity index (χ1v) is 4.78.